The SMILES string of the molecule is c1ccc(N(c2ccccc2)c2cccc3oc4c5ccccc5c(-c5cccc6c5-c5ccccc5C65c6ccccc6-c6ccccc65)cc4c23)cc1. The van der Waals surface area contributed by atoms with Crippen molar-refractivity contribution in [2.24, 2.45) is 0 Å². The Kier molecular flexibility index (Phi) is 6.29. The average molecular weight is 700 g/mol. The van der Waals surface area contributed by atoms with Crippen LogP contribution in [0, 0.1) is 0 Å². The topological polar surface area (TPSA) is 16.4 Å². The van der Waals surface area contributed by atoms with E-state index in [9.17, 15) is 0 Å². The van der Waals surface area contributed by atoms with Crippen molar-refractivity contribution in [3.8, 4) is 33.4 Å². The molecule has 9 aromatic carbocycles. The Morgan fingerprint density at radius 2 is 0.873 bits per heavy atom. The van der Waals surface area contributed by atoms with Crippen LogP contribution in [0.5, 0.6) is 0 Å². The van der Waals surface area contributed by atoms with Gasteiger partial charge in [-0.15, -0.1) is 0 Å². The molecule has 1 spiro atoms. The Hall–Kier alpha value is -7.16. The van der Waals surface area contributed by atoms with E-state index in [1.807, 2.05) is 0 Å². The minimum atomic E-state index is -0.406. The molecule has 2 nitrogen and oxygen atoms in total. The second-order valence-electron chi connectivity index (χ2n) is 14.7. The summed E-state index contributed by atoms with van der Waals surface area (Å²) >= 11 is 0. The van der Waals surface area contributed by atoms with Gasteiger partial charge in [0.25, 0.3) is 0 Å². The second-order valence-corrected chi connectivity index (χ2v) is 14.7. The highest BCUT2D eigenvalue weighted by Gasteiger charge is 2.52. The van der Waals surface area contributed by atoms with Gasteiger partial charge >= 0.3 is 0 Å². The molecule has 10 aromatic rings. The van der Waals surface area contributed by atoms with Crippen molar-refractivity contribution in [3.05, 3.63) is 222 Å². The molecule has 2 heteroatoms. The number of rotatable bonds is 4. The first-order valence-electron chi connectivity index (χ1n) is 19.0. The number of furan rings is 1. The van der Waals surface area contributed by atoms with Gasteiger partial charge in [0, 0.05) is 22.1 Å². The molecule has 0 saturated carbocycles. The fourth-order valence-electron chi connectivity index (χ4n) is 9.99. The highest BCUT2D eigenvalue weighted by molar-refractivity contribution is 6.23. The van der Waals surface area contributed by atoms with Crippen molar-refractivity contribution < 1.29 is 4.42 Å². The van der Waals surface area contributed by atoms with Crippen molar-refractivity contribution in [1.29, 1.82) is 0 Å². The van der Waals surface area contributed by atoms with Crippen molar-refractivity contribution in [2.45, 2.75) is 5.41 Å². The summed E-state index contributed by atoms with van der Waals surface area (Å²) in [5.41, 5.74) is 17.7. The molecule has 55 heavy (non-hydrogen) atoms. The zero-order chi connectivity index (χ0) is 36.1. The minimum Gasteiger partial charge on any atom is -0.455 e. The molecule has 0 N–H and O–H groups in total. The quantitative estimate of drug-likeness (QED) is 0.182. The summed E-state index contributed by atoms with van der Waals surface area (Å²) < 4.78 is 6.90. The van der Waals surface area contributed by atoms with Gasteiger partial charge in [-0.2, -0.15) is 0 Å². The van der Waals surface area contributed by atoms with E-state index in [1.54, 1.807) is 0 Å². The molecule has 1 aromatic heterocycles. The zero-order valence-corrected chi connectivity index (χ0v) is 29.9. The van der Waals surface area contributed by atoms with Crippen LogP contribution in [0.25, 0.3) is 66.1 Å². The maximum Gasteiger partial charge on any atom is 0.143 e. The summed E-state index contributed by atoms with van der Waals surface area (Å²) in [6, 6.07) is 73.0. The van der Waals surface area contributed by atoms with Crippen LogP contribution in [0.2, 0.25) is 0 Å². The highest BCUT2D eigenvalue weighted by Crippen LogP contribution is 2.64. The number of benzene rings is 9. The molecule has 256 valence electrons. The second kappa shape index (κ2) is 11.4. The number of anilines is 3. The lowest BCUT2D eigenvalue weighted by Crippen LogP contribution is -2.25. The highest BCUT2D eigenvalue weighted by atomic mass is 16.3. The number of hydrogen-bond acceptors (Lipinski definition) is 2. The smallest absolute Gasteiger partial charge is 0.143 e. The molecular weight excluding hydrogens is 667 g/mol. The van der Waals surface area contributed by atoms with E-state index in [2.05, 4.69) is 205 Å². The van der Waals surface area contributed by atoms with E-state index >= 15 is 0 Å². The van der Waals surface area contributed by atoms with E-state index in [-0.39, 0.29) is 0 Å². The maximum absolute atomic E-state index is 6.90. The predicted molar refractivity (Wildman–Crippen MR) is 228 cm³/mol. The minimum absolute atomic E-state index is 0.406. The van der Waals surface area contributed by atoms with Gasteiger partial charge in [0.15, 0.2) is 0 Å². The predicted octanol–water partition coefficient (Wildman–Crippen LogP) is 14.2. The molecule has 0 amide bonds. The van der Waals surface area contributed by atoms with Gasteiger partial charge in [0.2, 0.25) is 0 Å². The molecule has 0 aliphatic heterocycles. The lowest BCUT2D eigenvalue weighted by atomic mass is 9.70. The van der Waals surface area contributed by atoms with Gasteiger partial charge < -0.3 is 9.32 Å². The van der Waals surface area contributed by atoms with Gasteiger partial charge in [0.1, 0.15) is 11.2 Å². The van der Waals surface area contributed by atoms with Crippen LogP contribution < -0.4 is 4.90 Å². The van der Waals surface area contributed by atoms with Crippen LogP contribution in [0.1, 0.15) is 22.3 Å². The average Bonchev–Trinajstić information content (AvgIpc) is 3.89. The molecule has 0 bridgehead atoms. The number of fused-ring (bicyclic) bond motifs is 15. The monoisotopic (exact) mass is 699 g/mol. The number of para-hydroxylation sites is 2. The van der Waals surface area contributed by atoms with Crippen LogP contribution in [0.3, 0.4) is 0 Å². The van der Waals surface area contributed by atoms with Crippen LogP contribution in [0.15, 0.2) is 205 Å². The summed E-state index contributed by atoms with van der Waals surface area (Å²) in [7, 11) is 0. The number of nitrogens with zero attached hydrogens (tertiary/aromatic N) is 1. The Labute approximate surface area is 319 Å². The third-order valence-corrected chi connectivity index (χ3v) is 12.1. The summed E-state index contributed by atoms with van der Waals surface area (Å²) in [6.45, 7) is 0. The molecule has 0 saturated heterocycles. The molecule has 0 unspecified atom stereocenters. The largest absolute Gasteiger partial charge is 0.455 e. The summed E-state index contributed by atoms with van der Waals surface area (Å²) in [5, 5.41) is 4.49. The molecular formula is C53H33NO. The summed E-state index contributed by atoms with van der Waals surface area (Å²) in [4.78, 5) is 2.35. The first kappa shape index (κ1) is 30.3. The summed E-state index contributed by atoms with van der Waals surface area (Å²) in [6.07, 6.45) is 0. The maximum atomic E-state index is 6.90. The van der Waals surface area contributed by atoms with Crippen molar-refractivity contribution in [1.82, 2.24) is 0 Å². The number of hydrogen-bond donors (Lipinski definition) is 0. The molecule has 1 heterocycles. The van der Waals surface area contributed by atoms with E-state index in [1.165, 1.54) is 61.0 Å². The molecule has 0 atom stereocenters. The first-order chi connectivity index (χ1) is 27.3. The fraction of sp³-hybridized carbons (Fsp3) is 0.0189. The Balaban J connectivity index is 1.18. The normalized spacial score (nSPS) is 13.2. The van der Waals surface area contributed by atoms with E-state index in [4.69, 9.17) is 4.42 Å². The van der Waals surface area contributed by atoms with Crippen molar-refractivity contribution >= 4 is 49.8 Å². The van der Waals surface area contributed by atoms with Gasteiger partial charge in [-0.25, -0.2) is 0 Å². The third kappa shape index (κ3) is 4.03. The Morgan fingerprint density at radius 1 is 0.364 bits per heavy atom. The van der Waals surface area contributed by atoms with E-state index in [0.29, 0.717) is 0 Å². The van der Waals surface area contributed by atoms with E-state index in [0.717, 1.165) is 44.4 Å². The van der Waals surface area contributed by atoms with Crippen LogP contribution in [-0.2, 0) is 5.41 Å². The standard InChI is InChI=1S/C53H33NO/c1-3-17-34(18-4-1)54(35-19-5-2-6-20-35)48-31-16-32-49-51(48)43-33-42(36-21-7-8-24-40(36)52(43)55-49)39-26-15-30-47-50(39)41-25-11-14-29-46(41)53(47)44-27-12-9-22-37(44)38-23-10-13-28-45(38)53/h1-33H. The van der Waals surface area contributed by atoms with Crippen molar-refractivity contribution in [3.63, 3.8) is 0 Å². The van der Waals surface area contributed by atoms with Gasteiger partial charge in [-0.3, -0.25) is 0 Å². The van der Waals surface area contributed by atoms with Gasteiger partial charge in [0.05, 0.1) is 16.5 Å². The lowest BCUT2D eigenvalue weighted by Gasteiger charge is -2.30. The van der Waals surface area contributed by atoms with Crippen LogP contribution in [0.4, 0.5) is 17.1 Å². The molecule has 0 fully saturated rings. The van der Waals surface area contributed by atoms with Gasteiger partial charge in [-0.1, -0.05) is 158 Å². The molecule has 12 rings (SSSR count). The van der Waals surface area contributed by atoms with Crippen molar-refractivity contribution in [2.75, 3.05) is 4.90 Å². The summed E-state index contributed by atoms with van der Waals surface area (Å²) in [5.74, 6) is 0. The Morgan fingerprint density at radius 3 is 1.55 bits per heavy atom. The third-order valence-electron chi connectivity index (χ3n) is 12.1. The lowest BCUT2D eigenvalue weighted by molar-refractivity contribution is 0.672. The molecule has 0 radical (unpaired) electrons. The molecule has 2 aliphatic carbocycles. The zero-order valence-electron chi connectivity index (χ0n) is 29.9. The molecule has 2 aliphatic rings. The van der Waals surface area contributed by atoms with Crippen LogP contribution in [-0.4, -0.2) is 0 Å². The van der Waals surface area contributed by atoms with Crippen LogP contribution >= 0.6 is 0 Å². The fourth-order valence-corrected chi connectivity index (χ4v) is 9.99. The Bertz CT molecular complexity index is 3070. The van der Waals surface area contributed by atoms with Gasteiger partial charge in [-0.05, 0) is 103 Å². The van der Waals surface area contributed by atoms with E-state index < -0.39 is 5.41 Å². The first-order valence-corrected chi connectivity index (χ1v) is 19.0.